The second kappa shape index (κ2) is 8.83. The van der Waals surface area contributed by atoms with Crippen LogP contribution in [0.5, 0.6) is 5.75 Å². The minimum atomic E-state index is -0.522. The van der Waals surface area contributed by atoms with E-state index in [1.165, 1.54) is 24.0 Å². The van der Waals surface area contributed by atoms with Crippen molar-refractivity contribution in [2.75, 3.05) is 6.61 Å². The van der Waals surface area contributed by atoms with Crippen molar-refractivity contribution in [3.8, 4) is 5.75 Å². The maximum absolute atomic E-state index is 13.9. The quantitative estimate of drug-likeness (QED) is 0.690. The molecule has 0 aliphatic carbocycles. The van der Waals surface area contributed by atoms with Gasteiger partial charge in [0.1, 0.15) is 11.6 Å². The molecule has 2 aromatic rings. The molecule has 1 aromatic carbocycles. The predicted octanol–water partition coefficient (Wildman–Crippen LogP) is 4.68. The zero-order chi connectivity index (χ0) is 21.3. The molecule has 9 heteroatoms. The minimum absolute atomic E-state index is 0.0164. The molecule has 3 unspecified atom stereocenters. The van der Waals surface area contributed by atoms with Crippen LogP contribution in [0.3, 0.4) is 0 Å². The number of pyridine rings is 1. The van der Waals surface area contributed by atoms with Crippen molar-refractivity contribution >= 4 is 29.3 Å². The Balaban J connectivity index is 1.52. The molecule has 3 atom stereocenters. The molecule has 0 saturated carbocycles. The summed E-state index contributed by atoms with van der Waals surface area (Å²) in [6.45, 7) is 4.47. The number of benzene rings is 1. The maximum Gasteiger partial charge on any atom is 0.257 e. The second-order valence-corrected chi connectivity index (χ2v) is 8.71. The summed E-state index contributed by atoms with van der Waals surface area (Å²) in [5.74, 6) is -0.325. The van der Waals surface area contributed by atoms with Crippen molar-refractivity contribution in [2.24, 2.45) is 0 Å². The lowest BCUT2D eigenvalue weighted by Gasteiger charge is -2.31. The summed E-state index contributed by atoms with van der Waals surface area (Å²) in [5.41, 5.74) is 0.433. The normalized spacial score (nSPS) is 21.6. The van der Waals surface area contributed by atoms with Crippen LogP contribution in [-0.4, -0.2) is 34.2 Å². The number of thioether (sulfide) groups is 1. The first-order valence-corrected chi connectivity index (χ1v) is 10.8. The van der Waals surface area contributed by atoms with Gasteiger partial charge in [-0.1, -0.05) is 35.5 Å². The van der Waals surface area contributed by atoms with Crippen molar-refractivity contribution in [2.45, 2.75) is 38.1 Å². The lowest BCUT2D eigenvalue weighted by Crippen LogP contribution is -2.43. The van der Waals surface area contributed by atoms with Crippen molar-refractivity contribution in [3.05, 3.63) is 69.7 Å². The molecule has 0 radical (unpaired) electrons. The molecular formula is C21H21ClFN3O3S. The lowest BCUT2D eigenvalue weighted by atomic mass is 10.1. The van der Waals surface area contributed by atoms with Crippen LogP contribution < -0.4 is 10.1 Å². The van der Waals surface area contributed by atoms with E-state index < -0.39 is 11.3 Å². The highest BCUT2D eigenvalue weighted by Gasteiger charge is 2.32. The number of aromatic nitrogens is 1. The molecule has 3 heterocycles. The molecule has 6 nitrogen and oxygen atoms in total. The number of nitrogens with zero attached hydrogens (tertiary/aromatic N) is 2. The van der Waals surface area contributed by atoms with Gasteiger partial charge >= 0.3 is 0 Å². The summed E-state index contributed by atoms with van der Waals surface area (Å²) in [7, 11) is 0. The zero-order valence-corrected chi connectivity index (χ0v) is 18.0. The Morgan fingerprint density at radius 3 is 2.93 bits per heavy atom. The van der Waals surface area contributed by atoms with Gasteiger partial charge in [-0.15, -0.1) is 0 Å². The van der Waals surface area contributed by atoms with E-state index in [4.69, 9.17) is 21.1 Å². The molecule has 30 heavy (non-hydrogen) atoms. The molecule has 4 rings (SSSR count). The molecule has 0 spiro atoms. The molecule has 1 fully saturated rings. The van der Waals surface area contributed by atoms with Crippen LogP contribution in [-0.2, 0) is 4.74 Å². The first-order valence-electron chi connectivity index (χ1n) is 9.54. The number of carbonyl (C=O) groups excluding carboxylic acids is 1. The average molecular weight is 450 g/mol. The first-order chi connectivity index (χ1) is 14.4. The molecule has 1 saturated heterocycles. The van der Waals surface area contributed by atoms with Gasteiger partial charge in [0.15, 0.2) is 5.50 Å². The summed E-state index contributed by atoms with van der Waals surface area (Å²) in [4.78, 5) is 20.2. The van der Waals surface area contributed by atoms with E-state index in [0.717, 1.165) is 11.3 Å². The highest BCUT2D eigenvalue weighted by molar-refractivity contribution is 8.03. The third kappa shape index (κ3) is 4.26. The van der Waals surface area contributed by atoms with E-state index in [1.807, 2.05) is 31.0 Å². The number of para-hydroxylation sites is 1. The van der Waals surface area contributed by atoms with Crippen molar-refractivity contribution in [1.29, 1.82) is 0 Å². The van der Waals surface area contributed by atoms with E-state index in [1.54, 1.807) is 18.2 Å². The summed E-state index contributed by atoms with van der Waals surface area (Å²) in [6.07, 6.45) is 3.77. The number of hydrogen-bond acceptors (Lipinski definition) is 6. The molecule has 1 amide bonds. The van der Waals surface area contributed by atoms with Crippen molar-refractivity contribution in [1.82, 2.24) is 15.2 Å². The maximum atomic E-state index is 13.9. The standard InChI is InChI=1S/C21H21ClFN3O3S/c1-12-11-26(13(2)19-18(22)15(23)7-9-24-19)21(30-12)25-20(27)14-5-3-4-6-16(14)29-17-8-10-28-17/h3-7,9,11,13,17,21H,8,10H2,1-2H3,(H,25,27). The van der Waals surface area contributed by atoms with Gasteiger partial charge in [-0.25, -0.2) is 4.39 Å². The Labute approximate surface area is 183 Å². The topological polar surface area (TPSA) is 63.7 Å². The van der Waals surface area contributed by atoms with E-state index in [2.05, 4.69) is 10.3 Å². The fourth-order valence-corrected chi connectivity index (χ4v) is 4.56. The van der Waals surface area contributed by atoms with Crippen LogP contribution in [0.15, 0.2) is 47.6 Å². The predicted molar refractivity (Wildman–Crippen MR) is 113 cm³/mol. The number of hydrogen-bond donors (Lipinski definition) is 1. The van der Waals surface area contributed by atoms with Crippen molar-refractivity contribution < 1.29 is 18.7 Å². The SMILES string of the molecule is CC1=CN(C(C)c2nccc(F)c2Cl)C(NC(=O)c2ccccc2OC2CCO2)S1. The van der Waals surface area contributed by atoms with Gasteiger partial charge in [0.2, 0.25) is 6.29 Å². The summed E-state index contributed by atoms with van der Waals surface area (Å²) >= 11 is 7.62. The van der Waals surface area contributed by atoms with Gasteiger partial charge in [-0.05, 0) is 32.0 Å². The highest BCUT2D eigenvalue weighted by Crippen LogP contribution is 2.38. The highest BCUT2D eigenvalue weighted by atomic mass is 35.5. The van der Waals surface area contributed by atoms with Crippen LogP contribution in [0.4, 0.5) is 4.39 Å². The van der Waals surface area contributed by atoms with E-state index in [-0.39, 0.29) is 23.3 Å². The van der Waals surface area contributed by atoms with Gasteiger partial charge in [-0.3, -0.25) is 9.78 Å². The Hall–Kier alpha value is -2.29. The third-order valence-corrected chi connectivity index (χ3v) is 6.35. The Bertz CT molecular complexity index is 986. The Morgan fingerprint density at radius 1 is 1.43 bits per heavy atom. The summed E-state index contributed by atoms with van der Waals surface area (Å²) in [6, 6.07) is 7.93. The van der Waals surface area contributed by atoms with E-state index in [0.29, 0.717) is 23.6 Å². The van der Waals surface area contributed by atoms with Crippen LogP contribution in [0.1, 0.15) is 42.4 Å². The van der Waals surface area contributed by atoms with Gasteiger partial charge < -0.3 is 19.7 Å². The molecule has 2 aliphatic rings. The van der Waals surface area contributed by atoms with E-state index >= 15 is 0 Å². The molecular weight excluding hydrogens is 429 g/mol. The summed E-state index contributed by atoms with van der Waals surface area (Å²) < 4.78 is 25.0. The third-order valence-electron chi connectivity index (χ3n) is 4.91. The van der Waals surface area contributed by atoms with Crippen LogP contribution in [0.25, 0.3) is 0 Å². The molecule has 158 valence electrons. The minimum Gasteiger partial charge on any atom is -0.464 e. The van der Waals surface area contributed by atoms with Crippen LogP contribution in [0, 0.1) is 5.82 Å². The Kier molecular flexibility index (Phi) is 6.17. The van der Waals surface area contributed by atoms with Gasteiger partial charge in [0.25, 0.3) is 5.91 Å². The number of carbonyl (C=O) groups is 1. The molecule has 1 N–H and O–H groups in total. The monoisotopic (exact) mass is 449 g/mol. The molecule has 0 bridgehead atoms. The van der Waals surface area contributed by atoms with Gasteiger partial charge in [-0.2, -0.15) is 0 Å². The fraction of sp³-hybridized carbons (Fsp3) is 0.333. The average Bonchev–Trinajstić information content (AvgIpc) is 3.06. The molecule has 1 aromatic heterocycles. The van der Waals surface area contributed by atoms with Gasteiger partial charge in [0.05, 0.1) is 28.9 Å². The smallest absolute Gasteiger partial charge is 0.257 e. The fourth-order valence-electron chi connectivity index (χ4n) is 3.23. The van der Waals surface area contributed by atoms with E-state index in [9.17, 15) is 9.18 Å². The number of amides is 1. The molecule has 2 aliphatic heterocycles. The number of allylic oxidation sites excluding steroid dienone is 1. The largest absolute Gasteiger partial charge is 0.464 e. The summed E-state index contributed by atoms with van der Waals surface area (Å²) in [5, 5.41) is 3.01. The first kappa shape index (κ1) is 21.0. The lowest BCUT2D eigenvalue weighted by molar-refractivity contribution is -0.165. The Morgan fingerprint density at radius 2 is 2.20 bits per heavy atom. The van der Waals surface area contributed by atoms with Crippen molar-refractivity contribution in [3.63, 3.8) is 0 Å². The van der Waals surface area contributed by atoms with Crippen LogP contribution in [0.2, 0.25) is 5.02 Å². The number of nitrogens with one attached hydrogen (secondary N) is 1. The number of halogens is 2. The zero-order valence-electron chi connectivity index (χ0n) is 16.5. The second-order valence-electron chi connectivity index (χ2n) is 7.00. The van der Waals surface area contributed by atoms with Gasteiger partial charge in [0, 0.05) is 23.7 Å². The number of ether oxygens (including phenoxy) is 2. The number of rotatable bonds is 6. The van der Waals surface area contributed by atoms with Crippen LogP contribution >= 0.6 is 23.4 Å².